The van der Waals surface area contributed by atoms with Crippen LogP contribution in [0.1, 0.15) is 90.9 Å². The summed E-state index contributed by atoms with van der Waals surface area (Å²) in [6.07, 6.45) is 2.27. The lowest BCUT2D eigenvalue weighted by Crippen LogP contribution is -2.58. The second kappa shape index (κ2) is 13.6. The van der Waals surface area contributed by atoms with Gasteiger partial charge in [-0.1, -0.05) is 39.5 Å². The van der Waals surface area contributed by atoms with Gasteiger partial charge in [-0.3, -0.25) is 9.59 Å². The van der Waals surface area contributed by atoms with Gasteiger partial charge >= 0.3 is 12.1 Å². The van der Waals surface area contributed by atoms with E-state index in [-0.39, 0.29) is 24.2 Å². The zero-order valence-corrected chi connectivity index (χ0v) is 23.0. The molecule has 10 heteroatoms. The molecule has 5 atom stereocenters. The van der Waals surface area contributed by atoms with Crippen molar-refractivity contribution < 1.29 is 37.3 Å². The maximum Gasteiger partial charge on any atom is 0.393 e. The lowest BCUT2D eigenvalue weighted by Gasteiger charge is -2.44. The number of likely N-dealkylation sites (N-methyl/N-ethyl adjacent to an activating group) is 1. The molecule has 218 valence electrons. The van der Waals surface area contributed by atoms with E-state index in [1.165, 1.54) is 4.90 Å². The Bertz CT molecular complexity index is 828. The molecule has 38 heavy (non-hydrogen) atoms. The van der Waals surface area contributed by atoms with E-state index in [9.17, 15) is 27.9 Å². The lowest BCUT2D eigenvalue weighted by molar-refractivity contribution is -0.209. The lowest BCUT2D eigenvalue weighted by atomic mass is 9.69. The summed E-state index contributed by atoms with van der Waals surface area (Å²) in [4.78, 5) is 25.3. The van der Waals surface area contributed by atoms with Gasteiger partial charge in [0.05, 0.1) is 24.0 Å². The number of nitrogens with zero attached hydrogens (tertiary/aromatic N) is 1. The number of carbonyl (C=O) groups excluding carboxylic acids is 2. The molecule has 0 radical (unpaired) electrons. The van der Waals surface area contributed by atoms with Crippen molar-refractivity contribution in [1.29, 1.82) is 0 Å². The van der Waals surface area contributed by atoms with E-state index < -0.39 is 42.2 Å². The summed E-state index contributed by atoms with van der Waals surface area (Å²) in [5.74, 6) is -3.28. The van der Waals surface area contributed by atoms with Crippen molar-refractivity contribution in [1.82, 2.24) is 10.2 Å². The average Bonchev–Trinajstić information content (AvgIpc) is 3.37. The fourth-order valence-electron chi connectivity index (χ4n) is 6.75. The molecule has 7 nitrogen and oxygen atoms in total. The molecule has 2 N–H and O–H groups in total. The van der Waals surface area contributed by atoms with E-state index in [1.807, 2.05) is 20.9 Å². The van der Waals surface area contributed by atoms with Crippen LogP contribution in [0.3, 0.4) is 0 Å². The molecule has 1 saturated carbocycles. The molecule has 3 aliphatic rings. The van der Waals surface area contributed by atoms with E-state index in [4.69, 9.17) is 9.47 Å². The summed E-state index contributed by atoms with van der Waals surface area (Å²) < 4.78 is 53.5. The molecule has 0 aromatic rings. The van der Waals surface area contributed by atoms with Gasteiger partial charge in [0.25, 0.3) is 0 Å². The number of aliphatic hydroxyl groups excluding tert-OH is 1. The third-order valence-electron chi connectivity index (χ3n) is 8.72. The molecule has 1 aliphatic heterocycles. The number of fused-ring (bicyclic) bond motifs is 1. The smallest absolute Gasteiger partial charge is 0.393 e. The number of carbonyl (C=O) groups is 2. The molecular formula is C28H45F3N2O5. The van der Waals surface area contributed by atoms with Gasteiger partial charge in [-0.25, -0.2) is 0 Å². The number of hydrogen-bond acceptors (Lipinski definition) is 6. The first-order valence-corrected chi connectivity index (χ1v) is 14.3. The van der Waals surface area contributed by atoms with Gasteiger partial charge in [-0.2, -0.15) is 13.2 Å². The summed E-state index contributed by atoms with van der Waals surface area (Å²) in [7, 11) is 1.82. The Morgan fingerprint density at radius 2 is 1.95 bits per heavy atom. The number of allylic oxidation sites excluding steroid dienone is 1. The molecule has 0 aromatic carbocycles. The van der Waals surface area contributed by atoms with Crippen LogP contribution in [0.25, 0.3) is 0 Å². The second-order valence-electron chi connectivity index (χ2n) is 11.2. The first-order chi connectivity index (χ1) is 18.1. The number of rotatable bonds is 14. The first kappa shape index (κ1) is 30.9. The monoisotopic (exact) mass is 546 g/mol. The van der Waals surface area contributed by atoms with E-state index in [0.717, 1.165) is 38.5 Å². The van der Waals surface area contributed by atoms with Crippen LogP contribution in [0.5, 0.6) is 0 Å². The van der Waals surface area contributed by atoms with Crippen molar-refractivity contribution in [3.05, 3.63) is 11.3 Å². The maximum absolute atomic E-state index is 13.9. The summed E-state index contributed by atoms with van der Waals surface area (Å²) in [5.41, 5.74) is 0.225. The first-order valence-electron chi connectivity index (χ1n) is 14.3. The van der Waals surface area contributed by atoms with E-state index in [0.29, 0.717) is 50.8 Å². The standard InChI is InChI=1S/C28H45F3N2O5/c1-4-10-19-16-21-22(28(29,30)31)17-23(35)38-25(21)20(11-5-2)24(19)37-15-9-8-14-33(18-34)26(36)27(32-3)12-6-7-13-27/h18-19,21-22,24,26,32,36H,4-17H2,1-3H3. The van der Waals surface area contributed by atoms with Crippen molar-refractivity contribution in [3.63, 3.8) is 0 Å². The minimum absolute atomic E-state index is 0.0805. The van der Waals surface area contributed by atoms with Crippen molar-refractivity contribution in [2.75, 3.05) is 20.2 Å². The summed E-state index contributed by atoms with van der Waals surface area (Å²) >= 11 is 0. The van der Waals surface area contributed by atoms with Crippen LogP contribution in [-0.2, 0) is 19.1 Å². The molecule has 2 aliphatic carbocycles. The highest BCUT2D eigenvalue weighted by Crippen LogP contribution is 2.51. The van der Waals surface area contributed by atoms with E-state index in [1.54, 1.807) is 0 Å². The summed E-state index contributed by atoms with van der Waals surface area (Å²) in [6, 6.07) is 0. The molecule has 0 bridgehead atoms. The van der Waals surface area contributed by atoms with Crippen LogP contribution in [0.4, 0.5) is 13.2 Å². The number of halogens is 3. The van der Waals surface area contributed by atoms with Gasteiger partial charge < -0.3 is 24.8 Å². The zero-order valence-electron chi connectivity index (χ0n) is 23.0. The highest BCUT2D eigenvalue weighted by Gasteiger charge is 2.54. The number of unbranched alkanes of at least 4 members (excludes halogenated alkanes) is 1. The molecule has 2 fully saturated rings. The normalized spacial score (nSPS) is 28.1. The number of hydrogen-bond donors (Lipinski definition) is 2. The van der Waals surface area contributed by atoms with Gasteiger partial charge in [-0.15, -0.1) is 0 Å². The van der Waals surface area contributed by atoms with Crippen LogP contribution in [0.2, 0.25) is 0 Å². The van der Waals surface area contributed by atoms with E-state index in [2.05, 4.69) is 5.32 Å². The molecule has 1 saturated heterocycles. The number of alkyl halides is 3. The predicted octanol–water partition coefficient (Wildman–Crippen LogP) is 5.08. The Kier molecular flexibility index (Phi) is 11.1. The van der Waals surface area contributed by atoms with Gasteiger partial charge in [0.2, 0.25) is 6.41 Å². The van der Waals surface area contributed by atoms with Crippen LogP contribution in [0, 0.1) is 17.8 Å². The van der Waals surface area contributed by atoms with E-state index >= 15 is 0 Å². The van der Waals surface area contributed by atoms with Crippen LogP contribution in [-0.4, -0.2) is 66.6 Å². The zero-order chi connectivity index (χ0) is 27.9. The van der Waals surface area contributed by atoms with Crippen molar-refractivity contribution in [2.45, 2.75) is 115 Å². The molecule has 0 spiro atoms. The number of nitrogens with one attached hydrogen (secondary N) is 1. The largest absolute Gasteiger partial charge is 0.431 e. The quantitative estimate of drug-likeness (QED) is 0.137. The Balaban J connectivity index is 1.67. The SMILES string of the molecule is CCCC1=C2OC(=O)CC(C(F)(F)F)C2CC(CCC)C1OCCCCN(C=O)C(O)C1(NC)CCCC1. The minimum atomic E-state index is -4.46. The molecule has 1 heterocycles. The Hall–Kier alpha value is -1.65. The fourth-order valence-corrected chi connectivity index (χ4v) is 6.75. The Morgan fingerprint density at radius 1 is 1.24 bits per heavy atom. The number of ether oxygens (including phenoxy) is 2. The molecule has 3 rings (SSSR count). The third kappa shape index (κ3) is 6.91. The summed E-state index contributed by atoms with van der Waals surface area (Å²) in [5, 5.41) is 14.1. The summed E-state index contributed by atoms with van der Waals surface area (Å²) in [6.45, 7) is 4.72. The topological polar surface area (TPSA) is 88.1 Å². The highest BCUT2D eigenvalue weighted by molar-refractivity contribution is 5.72. The average molecular weight is 547 g/mol. The van der Waals surface area contributed by atoms with Crippen molar-refractivity contribution in [2.24, 2.45) is 17.8 Å². The maximum atomic E-state index is 13.9. The predicted molar refractivity (Wildman–Crippen MR) is 137 cm³/mol. The number of esters is 1. The van der Waals surface area contributed by atoms with Gasteiger partial charge in [-0.05, 0) is 63.5 Å². The van der Waals surface area contributed by atoms with Crippen LogP contribution >= 0.6 is 0 Å². The van der Waals surface area contributed by atoms with Gasteiger partial charge in [0.15, 0.2) is 0 Å². The highest BCUT2D eigenvalue weighted by atomic mass is 19.4. The molecule has 0 aromatic heterocycles. The molecule has 1 amide bonds. The third-order valence-corrected chi connectivity index (χ3v) is 8.72. The molecule has 5 unspecified atom stereocenters. The van der Waals surface area contributed by atoms with Gasteiger partial charge in [0.1, 0.15) is 12.0 Å². The fraction of sp³-hybridized carbons (Fsp3) is 0.857. The van der Waals surface area contributed by atoms with Gasteiger partial charge in [0, 0.05) is 19.1 Å². The number of aliphatic hydroxyl groups is 1. The Labute approximate surface area is 224 Å². The minimum Gasteiger partial charge on any atom is -0.431 e. The van der Waals surface area contributed by atoms with Crippen LogP contribution < -0.4 is 5.32 Å². The van der Waals surface area contributed by atoms with Crippen molar-refractivity contribution in [3.8, 4) is 0 Å². The second-order valence-corrected chi connectivity index (χ2v) is 11.2. The number of amides is 1. The van der Waals surface area contributed by atoms with Crippen LogP contribution in [0.15, 0.2) is 11.3 Å². The Morgan fingerprint density at radius 3 is 2.53 bits per heavy atom. The van der Waals surface area contributed by atoms with Crippen molar-refractivity contribution >= 4 is 12.4 Å². The molecular weight excluding hydrogens is 501 g/mol.